The molecule has 1 N–H and O–H groups in total. The van der Waals surface area contributed by atoms with Crippen LogP contribution in [0.15, 0.2) is 53.4 Å². The summed E-state index contributed by atoms with van der Waals surface area (Å²) >= 11 is 3.32. The molecule has 4 nitrogen and oxygen atoms in total. The zero-order valence-corrected chi connectivity index (χ0v) is 13.1. The number of rotatable bonds is 4. The fraction of sp³-hybridized carbons (Fsp3) is 0.0714. The summed E-state index contributed by atoms with van der Waals surface area (Å²) in [5.74, 6) is -0.399. The van der Waals surface area contributed by atoms with Crippen LogP contribution in [0.3, 0.4) is 0 Å². The van der Waals surface area contributed by atoms with Gasteiger partial charge in [0, 0.05) is 16.6 Å². The summed E-state index contributed by atoms with van der Waals surface area (Å²) in [6.07, 6.45) is 0. The molecule has 0 fully saturated rings. The van der Waals surface area contributed by atoms with E-state index in [-0.39, 0.29) is 5.56 Å². The molecule has 2 rings (SSSR count). The number of hydrogen-bond donors (Lipinski definition) is 1. The van der Waals surface area contributed by atoms with Gasteiger partial charge in [0.2, 0.25) is 0 Å². The van der Waals surface area contributed by atoms with E-state index in [0.29, 0.717) is 11.0 Å². The van der Waals surface area contributed by atoms with Crippen molar-refractivity contribution in [3.63, 3.8) is 0 Å². The van der Waals surface area contributed by atoms with Gasteiger partial charge in [-0.1, -0.05) is 28.1 Å². The van der Waals surface area contributed by atoms with Gasteiger partial charge in [-0.15, -0.1) is 3.89 Å². The van der Waals surface area contributed by atoms with Crippen LogP contribution in [0, 0.1) is 0 Å². The lowest BCUT2D eigenvalue weighted by Gasteiger charge is -2.06. The maximum Gasteiger partial charge on any atom is 0.332 e. The Bertz CT molecular complexity index is 760. The molecule has 21 heavy (non-hydrogen) atoms. The molecule has 0 unspecified atom stereocenters. The SMILES string of the molecule is O=C(Nc1cccc(CBr)c1)c1ccc(S(=O)(=O)F)cc1. The Hall–Kier alpha value is -1.73. The summed E-state index contributed by atoms with van der Waals surface area (Å²) in [7, 11) is -4.75. The first-order valence-electron chi connectivity index (χ1n) is 5.91. The second-order valence-corrected chi connectivity index (χ2v) is 6.16. The number of nitrogens with one attached hydrogen (secondary N) is 1. The number of alkyl halides is 1. The van der Waals surface area contributed by atoms with E-state index in [1.165, 1.54) is 12.1 Å². The summed E-state index contributed by atoms with van der Waals surface area (Å²) in [4.78, 5) is 11.5. The predicted molar refractivity (Wildman–Crippen MR) is 81.8 cm³/mol. The van der Waals surface area contributed by atoms with Gasteiger partial charge in [-0.25, -0.2) is 0 Å². The van der Waals surface area contributed by atoms with Crippen molar-refractivity contribution < 1.29 is 17.1 Å². The van der Waals surface area contributed by atoms with Crippen LogP contribution in [0.4, 0.5) is 9.57 Å². The number of carbonyl (C=O) groups excluding carboxylic acids is 1. The summed E-state index contributed by atoms with van der Waals surface area (Å²) in [5, 5.41) is 3.35. The molecule has 2 aromatic carbocycles. The van der Waals surface area contributed by atoms with Crippen molar-refractivity contribution in [2.24, 2.45) is 0 Å². The summed E-state index contributed by atoms with van der Waals surface area (Å²) in [6, 6.07) is 11.9. The van der Waals surface area contributed by atoms with Crippen molar-refractivity contribution in [1.82, 2.24) is 0 Å². The van der Waals surface area contributed by atoms with Gasteiger partial charge in [-0.3, -0.25) is 4.79 Å². The molecule has 0 heterocycles. The lowest BCUT2D eigenvalue weighted by molar-refractivity contribution is 0.102. The van der Waals surface area contributed by atoms with Gasteiger partial charge in [-0.2, -0.15) is 8.42 Å². The molecular weight excluding hydrogens is 361 g/mol. The first kappa shape index (κ1) is 15.7. The Balaban J connectivity index is 2.16. The number of anilines is 1. The lowest BCUT2D eigenvalue weighted by atomic mass is 10.2. The van der Waals surface area contributed by atoms with Gasteiger partial charge in [0.15, 0.2) is 0 Å². The number of hydrogen-bond acceptors (Lipinski definition) is 3. The first-order valence-corrected chi connectivity index (χ1v) is 8.41. The van der Waals surface area contributed by atoms with E-state index in [9.17, 15) is 17.1 Å². The quantitative estimate of drug-likeness (QED) is 0.660. The van der Waals surface area contributed by atoms with Gasteiger partial charge in [0.05, 0.1) is 4.90 Å². The summed E-state index contributed by atoms with van der Waals surface area (Å²) in [6.45, 7) is 0. The van der Waals surface area contributed by atoms with Gasteiger partial charge >= 0.3 is 10.2 Å². The van der Waals surface area contributed by atoms with Crippen LogP contribution in [0.25, 0.3) is 0 Å². The Labute approximate surface area is 130 Å². The summed E-state index contributed by atoms with van der Waals surface area (Å²) < 4.78 is 34.2. The molecule has 0 aliphatic rings. The van der Waals surface area contributed by atoms with Crippen molar-refractivity contribution in [2.75, 3.05) is 5.32 Å². The van der Waals surface area contributed by atoms with Gasteiger partial charge in [-0.05, 0) is 42.0 Å². The van der Waals surface area contributed by atoms with E-state index in [0.717, 1.165) is 17.7 Å². The monoisotopic (exact) mass is 371 g/mol. The third-order valence-electron chi connectivity index (χ3n) is 2.74. The fourth-order valence-corrected chi connectivity index (χ4v) is 2.51. The molecule has 0 bridgehead atoms. The Morgan fingerprint density at radius 2 is 1.81 bits per heavy atom. The molecule has 0 radical (unpaired) electrons. The van der Waals surface area contributed by atoms with E-state index < -0.39 is 21.0 Å². The average Bonchev–Trinajstić information content (AvgIpc) is 2.46. The van der Waals surface area contributed by atoms with Crippen molar-refractivity contribution in [1.29, 1.82) is 0 Å². The van der Waals surface area contributed by atoms with Gasteiger partial charge in [0.1, 0.15) is 0 Å². The largest absolute Gasteiger partial charge is 0.332 e. The lowest BCUT2D eigenvalue weighted by Crippen LogP contribution is -2.12. The van der Waals surface area contributed by atoms with E-state index in [1.807, 2.05) is 18.2 Å². The zero-order chi connectivity index (χ0) is 15.5. The molecule has 2 aromatic rings. The highest BCUT2D eigenvalue weighted by Crippen LogP contribution is 2.16. The van der Waals surface area contributed by atoms with Crippen LogP contribution >= 0.6 is 15.9 Å². The molecule has 0 saturated heterocycles. The minimum Gasteiger partial charge on any atom is -0.322 e. The molecule has 0 saturated carbocycles. The molecule has 7 heteroatoms. The van der Waals surface area contributed by atoms with E-state index >= 15 is 0 Å². The van der Waals surface area contributed by atoms with Crippen molar-refractivity contribution in [2.45, 2.75) is 10.2 Å². The zero-order valence-electron chi connectivity index (χ0n) is 10.7. The fourth-order valence-electron chi connectivity index (χ4n) is 1.70. The Morgan fingerprint density at radius 1 is 1.14 bits per heavy atom. The molecule has 0 aliphatic heterocycles. The highest BCUT2D eigenvalue weighted by molar-refractivity contribution is 9.08. The van der Waals surface area contributed by atoms with Crippen LogP contribution in [-0.2, 0) is 15.6 Å². The van der Waals surface area contributed by atoms with E-state index in [2.05, 4.69) is 21.2 Å². The van der Waals surface area contributed by atoms with Crippen LogP contribution in [0.2, 0.25) is 0 Å². The topological polar surface area (TPSA) is 63.2 Å². The highest BCUT2D eigenvalue weighted by atomic mass is 79.9. The first-order chi connectivity index (χ1) is 9.90. The number of halogens is 2. The molecule has 0 spiro atoms. The van der Waals surface area contributed by atoms with Crippen LogP contribution in [0.5, 0.6) is 0 Å². The second-order valence-electron chi connectivity index (χ2n) is 4.25. The molecule has 1 amide bonds. The average molecular weight is 372 g/mol. The Morgan fingerprint density at radius 3 is 2.38 bits per heavy atom. The number of carbonyl (C=O) groups is 1. The van der Waals surface area contributed by atoms with E-state index in [1.54, 1.807) is 6.07 Å². The molecule has 0 aliphatic carbocycles. The second kappa shape index (κ2) is 6.36. The van der Waals surface area contributed by atoms with Crippen molar-refractivity contribution in [3.05, 3.63) is 59.7 Å². The van der Waals surface area contributed by atoms with Crippen LogP contribution < -0.4 is 5.32 Å². The molecule has 110 valence electrons. The maximum absolute atomic E-state index is 12.8. The third-order valence-corrected chi connectivity index (χ3v) is 4.22. The third kappa shape index (κ3) is 4.12. The van der Waals surface area contributed by atoms with Crippen molar-refractivity contribution in [3.8, 4) is 0 Å². The Kier molecular flexibility index (Phi) is 4.74. The minimum absolute atomic E-state index is 0.242. The summed E-state index contributed by atoms with van der Waals surface area (Å²) in [5.41, 5.74) is 1.87. The van der Waals surface area contributed by atoms with Gasteiger partial charge < -0.3 is 5.32 Å². The van der Waals surface area contributed by atoms with Gasteiger partial charge in [0.25, 0.3) is 5.91 Å². The molecule has 0 atom stereocenters. The smallest absolute Gasteiger partial charge is 0.322 e. The number of amides is 1. The maximum atomic E-state index is 12.8. The van der Waals surface area contributed by atoms with Crippen molar-refractivity contribution >= 4 is 37.7 Å². The molecular formula is C14H11BrFNO3S. The predicted octanol–water partition coefficient (Wildman–Crippen LogP) is 3.49. The highest BCUT2D eigenvalue weighted by Gasteiger charge is 2.13. The molecule has 0 aromatic heterocycles. The van der Waals surface area contributed by atoms with Crippen LogP contribution in [0.1, 0.15) is 15.9 Å². The minimum atomic E-state index is -4.75. The van der Waals surface area contributed by atoms with Crippen LogP contribution in [-0.4, -0.2) is 14.3 Å². The standard InChI is InChI=1S/C14H11BrFNO3S/c15-9-10-2-1-3-12(8-10)17-14(18)11-4-6-13(7-5-11)21(16,19)20/h1-8H,9H2,(H,17,18). The van der Waals surface area contributed by atoms with E-state index in [4.69, 9.17) is 0 Å². The number of benzene rings is 2. The normalized spacial score (nSPS) is 11.1.